The Labute approximate surface area is 298 Å². The van der Waals surface area contributed by atoms with Gasteiger partial charge >= 0.3 is 12.1 Å². The van der Waals surface area contributed by atoms with E-state index in [4.69, 9.17) is 24.9 Å². The number of pyridine rings is 1. The molecule has 1 amide bonds. The Bertz CT molecular complexity index is 1940. The number of likely N-dealkylation sites (tertiary alicyclic amines) is 1. The number of carbonyl (C=O) groups excluding carboxylic acids is 1. The Hall–Kier alpha value is -5.70. The molecule has 3 aromatic heterocycles. The second-order valence-electron chi connectivity index (χ2n) is 12.6. The van der Waals surface area contributed by atoms with E-state index in [0.29, 0.717) is 30.8 Å². The zero-order valence-electron chi connectivity index (χ0n) is 28.5. The van der Waals surface area contributed by atoms with E-state index in [9.17, 15) is 18.0 Å². The topological polar surface area (TPSA) is 144 Å². The van der Waals surface area contributed by atoms with Crippen LogP contribution in [0.2, 0.25) is 0 Å². The number of alkyl halides is 3. The van der Waals surface area contributed by atoms with E-state index < -0.39 is 12.1 Å². The number of piperazine rings is 1. The summed E-state index contributed by atoms with van der Waals surface area (Å²) in [7, 11) is 0. The number of carboxylic acid groups (broad SMARTS) is 1. The fraction of sp³-hybridized carbons (Fsp3) is 0.324. The molecule has 0 atom stereocenters. The summed E-state index contributed by atoms with van der Waals surface area (Å²) in [6.45, 7) is 7.37. The summed E-state index contributed by atoms with van der Waals surface area (Å²) < 4.78 is 31.7. The van der Waals surface area contributed by atoms with Gasteiger partial charge in [-0.2, -0.15) is 18.3 Å². The van der Waals surface area contributed by atoms with E-state index in [0.717, 1.165) is 79.5 Å². The van der Waals surface area contributed by atoms with Crippen molar-refractivity contribution in [1.29, 1.82) is 0 Å². The summed E-state index contributed by atoms with van der Waals surface area (Å²) in [6, 6.07) is 24.9. The first-order chi connectivity index (χ1) is 25.0. The van der Waals surface area contributed by atoms with E-state index in [1.165, 1.54) is 5.56 Å². The van der Waals surface area contributed by atoms with Gasteiger partial charge in [-0.1, -0.05) is 60.7 Å². The highest BCUT2D eigenvalue weighted by atomic mass is 19.4. The first-order valence-electron chi connectivity index (χ1n) is 16.9. The third kappa shape index (κ3) is 8.96. The van der Waals surface area contributed by atoms with E-state index >= 15 is 0 Å². The first kappa shape index (κ1) is 36.1. The Morgan fingerprint density at radius 3 is 2.13 bits per heavy atom. The third-order valence-electron chi connectivity index (χ3n) is 9.12. The number of aliphatic carboxylic acids is 1. The lowest BCUT2D eigenvalue weighted by Gasteiger charge is -2.34. The molecule has 52 heavy (non-hydrogen) atoms. The monoisotopic (exact) mass is 713 g/mol. The summed E-state index contributed by atoms with van der Waals surface area (Å²) in [5.41, 5.74) is 6.16. The number of H-pyrrole nitrogens is 1. The van der Waals surface area contributed by atoms with Crippen LogP contribution in [0, 0.1) is 0 Å². The van der Waals surface area contributed by atoms with Gasteiger partial charge in [-0.25, -0.2) is 19.7 Å². The number of hydrogen-bond acceptors (Lipinski definition) is 9. The van der Waals surface area contributed by atoms with Crippen LogP contribution in [0.25, 0.3) is 33.9 Å². The fourth-order valence-corrected chi connectivity index (χ4v) is 6.25. The van der Waals surface area contributed by atoms with Crippen LogP contribution >= 0.6 is 0 Å². The minimum atomic E-state index is -5.08. The molecule has 0 radical (unpaired) electrons. The van der Waals surface area contributed by atoms with Crippen molar-refractivity contribution in [3.05, 3.63) is 96.6 Å². The predicted molar refractivity (Wildman–Crippen MR) is 188 cm³/mol. The fourth-order valence-electron chi connectivity index (χ4n) is 6.25. The molecule has 12 nitrogen and oxygen atoms in total. The minimum absolute atomic E-state index is 0.116. The van der Waals surface area contributed by atoms with Crippen molar-refractivity contribution in [3.8, 4) is 33.9 Å². The van der Waals surface area contributed by atoms with E-state index in [1.807, 2.05) is 47.5 Å². The predicted octanol–water partition coefficient (Wildman–Crippen LogP) is 5.67. The summed E-state index contributed by atoms with van der Waals surface area (Å²) in [4.78, 5) is 46.3. The Morgan fingerprint density at radius 1 is 0.846 bits per heavy atom. The van der Waals surface area contributed by atoms with Gasteiger partial charge in [-0.3, -0.25) is 19.8 Å². The van der Waals surface area contributed by atoms with Crippen LogP contribution in [0.15, 0.2) is 85.2 Å². The Morgan fingerprint density at radius 2 is 1.52 bits per heavy atom. The molecule has 5 heterocycles. The first-order valence-corrected chi connectivity index (χ1v) is 16.9. The number of nitrogens with one attached hydrogen (secondary N) is 1. The number of aromatic amines is 1. The standard InChI is InChI=1S/C35H37N9O.C2HF3O2/c1-25(45)43-19-21-44(22-20-43)35-37-23-30(27-7-3-2-4-8-27)32(38-35)28-12-10-26(11-13-28)24-42-17-14-29(15-18-42)33-39-34(41-40-33)31-9-5-6-16-36-31;3-2(4,5)1(6)7/h2-13,16,23,29H,14-15,17-22,24H2,1H3,(H,39,40,41);(H,6,7). The number of halogens is 3. The van der Waals surface area contributed by atoms with Gasteiger partial charge in [0.25, 0.3) is 0 Å². The third-order valence-corrected chi connectivity index (χ3v) is 9.12. The van der Waals surface area contributed by atoms with Gasteiger partial charge in [0.2, 0.25) is 11.9 Å². The largest absolute Gasteiger partial charge is 0.490 e. The number of anilines is 1. The van der Waals surface area contributed by atoms with Gasteiger partial charge in [0, 0.05) is 69.1 Å². The van der Waals surface area contributed by atoms with Gasteiger partial charge in [0.15, 0.2) is 5.82 Å². The van der Waals surface area contributed by atoms with Gasteiger partial charge in [0.1, 0.15) is 11.5 Å². The lowest BCUT2D eigenvalue weighted by molar-refractivity contribution is -0.192. The number of carbonyl (C=O) groups is 2. The molecule has 0 saturated carbocycles. The van der Waals surface area contributed by atoms with Crippen molar-refractivity contribution < 1.29 is 27.9 Å². The molecule has 2 aliphatic heterocycles. The number of amides is 1. The normalized spacial score (nSPS) is 15.5. The molecule has 0 unspecified atom stereocenters. The molecule has 2 saturated heterocycles. The number of carboxylic acids is 1. The SMILES string of the molecule is CC(=O)N1CCN(c2ncc(-c3ccccc3)c(-c3ccc(CN4CCC(c5nc(-c6ccccn6)n[nH]5)CC4)cc3)n2)CC1.O=C(O)C(F)(F)F. The molecular formula is C37H38F3N9O3. The summed E-state index contributed by atoms with van der Waals surface area (Å²) in [5, 5.41) is 14.7. The second kappa shape index (κ2) is 16.1. The lowest BCUT2D eigenvalue weighted by atomic mass is 9.95. The van der Waals surface area contributed by atoms with Crippen molar-refractivity contribution in [2.24, 2.45) is 0 Å². The molecule has 0 aliphatic carbocycles. The number of benzene rings is 2. The maximum atomic E-state index is 11.8. The molecule has 0 bridgehead atoms. The molecule has 15 heteroatoms. The van der Waals surface area contributed by atoms with Crippen LogP contribution in [0.3, 0.4) is 0 Å². The van der Waals surface area contributed by atoms with E-state index in [1.54, 1.807) is 13.1 Å². The molecule has 7 rings (SSSR count). The minimum Gasteiger partial charge on any atom is -0.475 e. The maximum absolute atomic E-state index is 11.8. The van der Waals surface area contributed by atoms with E-state index in [2.05, 4.69) is 61.4 Å². The van der Waals surface area contributed by atoms with Crippen LogP contribution in [-0.4, -0.2) is 102 Å². The number of aromatic nitrogens is 6. The Balaban J connectivity index is 0.000000604. The van der Waals surface area contributed by atoms with Gasteiger partial charge in [-0.05, 0) is 49.2 Å². The van der Waals surface area contributed by atoms with Crippen LogP contribution < -0.4 is 4.90 Å². The molecule has 5 aromatic rings. The zero-order valence-corrected chi connectivity index (χ0v) is 28.5. The average molecular weight is 714 g/mol. The van der Waals surface area contributed by atoms with Crippen LogP contribution in [0.4, 0.5) is 19.1 Å². The van der Waals surface area contributed by atoms with E-state index in [-0.39, 0.29) is 5.91 Å². The van der Waals surface area contributed by atoms with Crippen LogP contribution in [0.1, 0.15) is 37.1 Å². The maximum Gasteiger partial charge on any atom is 0.490 e. The molecule has 2 N–H and O–H groups in total. The lowest BCUT2D eigenvalue weighted by Crippen LogP contribution is -2.48. The van der Waals surface area contributed by atoms with Gasteiger partial charge in [-0.15, -0.1) is 0 Å². The van der Waals surface area contributed by atoms with Crippen LogP contribution in [-0.2, 0) is 16.1 Å². The molecule has 2 aliphatic rings. The average Bonchev–Trinajstić information content (AvgIpc) is 3.67. The number of piperidine rings is 1. The number of rotatable bonds is 7. The summed E-state index contributed by atoms with van der Waals surface area (Å²) in [5.74, 6) is 0.0625. The van der Waals surface area contributed by atoms with Crippen molar-refractivity contribution in [3.63, 3.8) is 0 Å². The summed E-state index contributed by atoms with van der Waals surface area (Å²) in [6.07, 6.45) is 0.708. The summed E-state index contributed by atoms with van der Waals surface area (Å²) >= 11 is 0. The Kier molecular flexibility index (Phi) is 11.2. The van der Waals surface area contributed by atoms with Crippen molar-refractivity contribution in [1.82, 2.24) is 39.9 Å². The highest BCUT2D eigenvalue weighted by Crippen LogP contribution is 2.33. The molecule has 270 valence electrons. The molecular weight excluding hydrogens is 675 g/mol. The van der Waals surface area contributed by atoms with Crippen molar-refractivity contribution >= 4 is 17.8 Å². The van der Waals surface area contributed by atoms with Crippen molar-refractivity contribution in [2.75, 3.05) is 44.2 Å². The molecule has 2 fully saturated rings. The van der Waals surface area contributed by atoms with Crippen molar-refractivity contribution in [2.45, 2.75) is 38.4 Å². The number of hydrogen-bond donors (Lipinski definition) is 2. The smallest absolute Gasteiger partial charge is 0.475 e. The van der Waals surface area contributed by atoms with Gasteiger partial charge < -0.3 is 14.9 Å². The van der Waals surface area contributed by atoms with Crippen LogP contribution in [0.5, 0.6) is 0 Å². The molecule has 0 spiro atoms. The number of nitrogens with zero attached hydrogens (tertiary/aromatic N) is 8. The molecule has 2 aromatic carbocycles. The van der Waals surface area contributed by atoms with Gasteiger partial charge in [0.05, 0.1) is 5.69 Å². The highest BCUT2D eigenvalue weighted by Gasteiger charge is 2.38. The zero-order chi connectivity index (χ0) is 36.7. The quantitative estimate of drug-likeness (QED) is 0.217. The highest BCUT2D eigenvalue weighted by molar-refractivity contribution is 5.81. The second-order valence-corrected chi connectivity index (χ2v) is 12.6.